The van der Waals surface area contributed by atoms with Crippen molar-refractivity contribution < 1.29 is 18.7 Å². The Balaban J connectivity index is 1.86. The molecule has 2 rings (SSSR count). The van der Waals surface area contributed by atoms with Crippen LogP contribution in [0.5, 0.6) is 5.75 Å². The van der Waals surface area contributed by atoms with Gasteiger partial charge in [-0.1, -0.05) is 0 Å². The molecule has 1 atom stereocenters. The number of ether oxygens (including phenoxy) is 1. The lowest BCUT2D eigenvalue weighted by Gasteiger charge is -2.15. The highest BCUT2D eigenvalue weighted by molar-refractivity contribution is 5.95. The number of benzene rings is 2. The predicted octanol–water partition coefficient (Wildman–Crippen LogP) is 1.93. The Morgan fingerprint density at radius 1 is 1.08 bits per heavy atom. The van der Waals surface area contributed by atoms with Gasteiger partial charge in [0.15, 0.2) is 6.10 Å². The molecule has 2 amide bonds. The van der Waals surface area contributed by atoms with E-state index in [9.17, 15) is 14.0 Å². The third-order valence-corrected chi connectivity index (χ3v) is 3.07. The first-order valence-corrected chi connectivity index (χ1v) is 7.02. The van der Waals surface area contributed by atoms with Crippen molar-refractivity contribution in [3.8, 4) is 11.8 Å². The number of amides is 2. The summed E-state index contributed by atoms with van der Waals surface area (Å²) >= 11 is 0. The first-order chi connectivity index (χ1) is 11.5. The maximum Gasteiger partial charge on any atom is 0.279 e. The summed E-state index contributed by atoms with van der Waals surface area (Å²) in [6, 6.07) is 13.1. The quantitative estimate of drug-likeness (QED) is 0.840. The van der Waals surface area contributed by atoms with Gasteiger partial charge in [-0.15, -0.1) is 0 Å². The van der Waals surface area contributed by atoms with E-state index < -0.39 is 23.7 Å². The number of rotatable bonds is 4. The van der Waals surface area contributed by atoms with Crippen molar-refractivity contribution in [1.29, 1.82) is 5.26 Å². The second kappa shape index (κ2) is 7.74. The van der Waals surface area contributed by atoms with Crippen LogP contribution in [0.4, 0.5) is 4.39 Å². The van der Waals surface area contributed by atoms with Crippen LogP contribution in [0.2, 0.25) is 0 Å². The first kappa shape index (κ1) is 17.0. The zero-order valence-electron chi connectivity index (χ0n) is 12.7. The van der Waals surface area contributed by atoms with Crippen LogP contribution in [0.3, 0.4) is 0 Å². The van der Waals surface area contributed by atoms with Crippen LogP contribution >= 0.6 is 0 Å². The zero-order chi connectivity index (χ0) is 17.5. The highest BCUT2D eigenvalue weighted by Crippen LogP contribution is 2.12. The molecule has 2 aromatic rings. The number of carbonyl (C=O) groups is 2. The summed E-state index contributed by atoms with van der Waals surface area (Å²) in [5, 5.41) is 8.70. The molecule has 2 aromatic carbocycles. The van der Waals surface area contributed by atoms with Gasteiger partial charge in [0.25, 0.3) is 11.8 Å². The van der Waals surface area contributed by atoms with E-state index in [1.807, 2.05) is 6.07 Å². The van der Waals surface area contributed by atoms with Gasteiger partial charge in [0, 0.05) is 5.56 Å². The van der Waals surface area contributed by atoms with Crippen molar-refractivity contribution in [2.24, 2.45) is 0 Å². The lowest BCUT2D eigenvalue weighted by Crippen LogP contribution is -2.47. The Labute approximate surface area is 137 Å². The fourth-order valence-electron chi connectivity index (χ4n) is 1.76. The van der Waals surface area contributed by atoms with Gasteiger partial charge in [0.1, 0.15) is 11.6 Å². The van der Waals surface area contributed by atoms with E-state index in [4.69, 9.17) is 10.00 Å². The summed E-state index contributed by atoms with van der Waals surface area (Å²) < 4.78 is 18.1. The molecule has 0 fully saturated rings. The maximum absolute atomic E-state index is 12.8. The lowest BCUT2D eigenvalue weighted by molar-refractivity contribution is -0.128. The van der Waals surface area contributed by atoms with Gasteiger partial charge in [0.05, 0.1) is 11.6 Å². The molecule has 0 spiro atoms. The van der Waals surface area contributed by atoms with Crippen molar-refractivity contribution in [2.75, 3.05) is 0 Å². The summed E-state index contributed by atoms with van der Waals surface area (Å²) in [6.07, 6.45) is -0.892. The van der Waals surface area contributed by atoms with E-state index in [1.54, 1.807) is 0 Å². The highest BCUT2D eigenvalue weighted by atomic mass is 19.1. The molecule has 0 aromatic heterocycles. The van der Waals surface area contributed by atoms with Crippen LogP contribution < -0.4 is 15.6 Å². The van der Waals surface area contributed by atoms with Gasteiger partial charge in [-0.05, 0) is 55.5 Å². The molecule has 1 unspecified atom stereocenters. The predicted molar refractivity (Wildman–Crippen MR) is 83.3 cm³/mol. The fraction of sp³-hybridized carbons (Fsp3) is 0.118. The summed E-state index contributed by atoms with van der Waals surface area (Å²) in [6.45, 7) is 1.49. The lowest BCUT2D eigenvalue weighted by atomic mass is 10.1. The van der Waals surface area contributed by atoms with Crippen LogP contribution in [-0.2, 0) is 4.79 Å². The average molecular weight is 327 g/mol. The third-order valence-electron chi connectivity index (χ3n) is 3.07. The smallest absolute Gasteiger partial charge is 0.279 e. The topological polar surface area (TPSA) is 91.2 Å². The van der Waals surface area contributed by atoms with Crippen LogP contribution in [-0.4, -0.2) is 17.9 Å². The van der Waals surface area contributed by atoms with E-state index >= 15 is 0 Å². The Bertz CT molecular complexity index is 767. The van der Waals surface area contributed by atoms with Crippen molar-refractivity contribution in [2.45, 2.75) is 13.0 Å². The van der Waals surface area contributed by atoms with Crippen molar-refractivity contribution in [3.63, 3.8) is 0 Å². The first-order valence-electron chi connectivity index (χ1n) is 7.02. The third kappa shape index (κ3) is 4.55. The molecule has 0 saturated heterocycles. The number of nitrogens with zero attached hydrogens (tertiary/aromatic N) is 1. The molecule has 0 radical (unpaired) electrons. The van der Waals surface area contributed by atoms with Crippen LogP contribution in [0.25, 0.3) is 0 Å². The minimum Gasteiger partial charge on any atom is -0.481 e. The molecule has 0 saturated carbocycles. The monoisotopic (exact) mass is 327 g/mol. The van der Waals surface area contributed by atoms with Crippen LogP contribution in [0.15, 0.2) is 48.5 Å². The standard InChI is InChI=1S/C17H14FN3O3/c1-11(24-15-8-6-14(18)7-9-15)16(22)20-21-17(23)13-4-2-12(10-19)3-5-13/h2-9,11H,1H3,(H,20,22)(H,21,23). The molecule has 0 aliphatic heterocycles. The Morgan fingerprint density at radius 2 is 1.71 bits per heavy atom. The number of carbonyl (C=O) groups excluding carboxylic acids is 2. The second-order valence-corrected chi connectivity index (χ2v) is 4.85. The molecule has 0 heterocycles. The molecule has 0 aliphatic carbocycles. The normalized spacial score (nSPS) is 11.0. The summed E-state index contributed by atoms with van der Waals surface area (Å²) in [4.78, 5) is 23.8. The van der Waals surface area contributed by atoms with Gasteiger partial charge in [-0.2, -0.15) is 5.26 Å². The van der Waals surface area contributed by atoms with Gasteiger partial charge in [0.2, 0.25) is 0 Å². The Kier molecular flexibility index (Phi) is 5.47. The molecular weight excluding hydrogens is 313 g/mol. The fourth-order valence-corrected chi connectivity index (χ4v) is 1.76. The van der Waals surface area contributed by atoms with E-state index in [-0.39, 0.29) is 0 Å². The summed E-state index contributed by atoms with van der Waals surface area (Å²) in [5.41, 5.74) is 5.21. The summed E-state index contributed by atoms with van der Waals surface area (Å²) in [7, 11) is 0. The molecule has 6 nitrogen and oxygen atoms in total. The molecule has 2 N–H and O–H groups in total. The number of nitriles is 1. The van der Waals surface area contributed by atoms with Crippen molar-refractivity contribution in [1.82, 2.24) is 10.9 Å². The second-order valence-electron chi connectivity index (χ2n) is 4.85. The van der Waals surface area contributed by atoms with E-state index in [2.05, 4.69) is 10.9 Å². The van der Waals surface area contributed by atoms with Gasteiger partial charge in [-0.25, -0.2) is 4.39 Å². The maximum atomic E-state index is 12.8. The minimum absolute atomic E-state index is 0.293. The largest absolute Gasteiger partial charge is 0.481 e. The molecule has 24 heavy (non-hydrogen) atoms. The Morgan fingerprint density at radius 3 is 2.29 bits per heavy atom. The highest BCUT2D eigenvalue weighted by Gasteiger charge is 2.16. The zero-order valence-corrected chi connectivity index (χ0v) is 12.7. The minimum atomic E-state index is -0.892. The number of hydrogen-bond acceptors (Lipinski definition) is 4. The van der Waals surface area contributed by atoms with E-state index in [0.29, 0.717) is 16.9 Å². The van der Waals surface area contributed by atoms with Gasteiger partial charge >= 0.3 is 0 Å². The van der Waals surface area contributed by atoms with E-state index in [1.165, 1.54) is 55.5 Å². The van der Waals surface area contributed by atoms with Crippen LogP contribution in [0.1, 0.15) is 22.8 Å². The molecule has 0 aliphatic rings. The average Bonchev–Trinajstić information content (AvgIpc) is 2.61. The summed E-state index contributed by atoms with van der Waals surface area (Å²) in [5.74, 6) is -1.17. The molecular formula is C17H14FN3O3. The van der Waals surface area contributed by atoms with E-state index in [0.717, 1.165) is 0 Å². The molecule has 122 valence electrons. The molecule has 0 bridgehead atoms. The van der Waals surface area contributed by atoms with Crippen LogP contribution in [0, 0.1) is 17.1 Å². The number of halogens is 1. The van der Waals surface area contributed by atoms with Crippen molar-refractivity contribution in [3.05, 3.63) is 65.5 Å². The number of hydrazine groups is 1. The number of nitrogens with one attached hydrogen (secondary N) is 2. The van der Waals surface area contributed by atoms with Crippen molar-refractivity contribution >= 4 is 11.8 Å². The number of hydrogen-bond donors (Lipinski definition) is 2. The SMILES string of the molecule is CC(Oc1ccc(F)cc1)C(=O)NNC(=O)c1ccc(C#N)cc1. The van der Waals surface area contributed by atoms with Gasteiger partial charge in [-0.3, -0.25) is 20.4 Å². The molecule has 7 heteroatoms. The Hall–Kier alpha value is -3.40. The van der Waals surface area contributed by atoms with Gasteiger partial charge < -0.3 is 4.74 Å².